The fourth-order valence-electron chi connectivity index (χ4n) is 2.00. The molecule has 0 spiro atoms. The van der Waals surface area contributed by atoms with Crippen LogP contribution in [0.15, 0.2) is 30.5 Å². The first-order valence-electron chi connectivity index (χ1n) is 5.54. The number of nitrogens with two attached hydrogens (primary N) is 1. The molecule has 102 valence electrons. The Hall–Kier alpha value is -1.85. The molecule has 2 rings (SSSR count). The molecule has 0 amide bonds. The van der Waals surface area contributed by atoms with E-state index in [-0.39, 0.29) is 12.4 Å². The predicted octanol–water partition coefficient (Wildman–Crippen LogP) is 1.14. The number of hydrogen-bond donors (Lipinski definition) is 1. The molecule has 0 saturated carbocycles. The van der Waals surface area contributed by atoms with Crippen molar-refractivity contribution >= 4 is 35.7 Å². The molecule has 0 radical (unpaired) electrons. The molecule has 1 aromatic heterocycles. The summed E-state index contributed by atoms with van der Waals surface area (Å²) in [5.41, 5.74) is 7.39. The van der Waals surface area contributed by atoms with Crippen LogP contribution in [0.4, 0.5) is 0 Å². The summed E-state index contributed by atoms with van der Waals surface area (Å²) in [5.74, 6) is -0.460. The van der Waals surface area contributed by atoms with Crippen molar-refractivity contribution in [1.29, 1.82) is 0 Å². The van der Waals surface area contributed by atoms with E-state index in [4.69, 9.17) is 5.73 Å². The smallest absolute Gasteiger partial charge is 0.322 e. The summed E-state index contributed by atoms with van der Waals surface area (Å²) in [6.45, 7) is 0. The van der Waals surface area contributed by atoms with Gasteiger partial charge in [-0.1, -0.05) is 18.2 Å². The highest BCUT2D eigenvalue weighted by Crippen LogP contribution is 2.21. The van der Waals surface area contributed by atoms with E-state index in [0.717, 1.165) is 22.9 Å². The molecule has 0 bridgehead atoms. The quantitative estimate of drug-likeness (QED) is 0.674. The predicted molar refractivity (Wildman–Crippen MR) is 75.0 cm³/mol. The summed E-state index contributed by atoms with van der Waals surface area (Å²) in [6, 6.07) is 6.75. The van der Waals surface area contributed by atoms with Gasteiger partial charge in [0.15, 0.2) is 0 Å². The van der Waals surface area contributed by atoms with E-state index in [9.17, 15) is 9.59 Å². The van der Waals surface area contributed by atoms with Crippen molar-refractivity contribution < 1.29 is 14.3 Å². The Morgan fingerprint density at radius 1 is 1.47 bits per heavy atom. The minimum absolute atomic E-state index is 0. The Morgan fingerprint density at radius 3 is 2.79 bits per heavy atom. The van der Waals surface area contributed by atoms with Crippen LogP contribution >= 0.6 is 12.4 Å². The van der Waals surface area contributed by atoms with Gasteiger partial charge in [0.05, 0.1) is 12.6 Å². The number of carbonyl (C=O) groups excluding carboxylic acids is 2. The van der Waals surface area contributed by atoms with Gasteiger partial charge in [0.1, 0.15) is 6.04 Å². The first-order chi connectivity index (χ1) is 8.67. The number of halogens is 1. The third-order valence-corrected chi connectivity index (χ3v) is 2.88. The molecule has 1 aromatic carbocycles. The van der Waals surface area contributed by atoms with E-state index in [1.807, 2.05) is 24.3 Å². The second-order valence-electron chi connectivity index (χ2n) is 4.02. The van der Waals surface area contributed by atoms with Crippen LogP contribution in [0, 0.1) is 0 Å². The van der Waals surface area contributed by atoms with E-state index in [0.29, 0.717) is 6.42 Å². The number of benzene rings is 1. The number of rotatable bonds is 4. The van der Waals surface area contributed by atoms with Crippen molar-refractivity contribution in [3.63, 3.8) is 0 Å². The minimum Gasteiger partial charge on any atom is -0.468 e. The van der Waals surface area contributed by atoms with E-state index in [1.165, 1.54) is 11.7 Å². The van der Waals surface area contributed by atoms with Gasteiger partial charge < -0.3 is 10.5 Å². The molecule has 0 saturated heterocycles. The largest absolute Gasteiger partial charge is 0.468 e. The summed E-state index contributed by atoms with van der Waals surface area (Å²) >= 11 is 0. The number of fused-ring (bicyclic) bond motifs is 1. The molecule has 1 heterocycles. The number of para-hydroxylation sites is 1. The van der Waals surface area contributed by atoms with Crippen LogP contribution in [-0.2, 0) is 20.7 Å². The summed E-state index contributed by atoms with van der Waals surface area (Å²) in [5, 5.41) is 0.920. The van der Waals surface area contributed by atoms with Crippen molar-refractivity contribution in [1.82, 2.24) is 4.57 Å². The van der Waals surface area contributed by atoms with E-state index < -0.39 is 12.0 Å². The van der Waals surface area contributed by atoms with Gasteiger partial charge in [0.2, 0.25) is 6.41 Å². The van der Waals surface area contributed by atoms with Gasteiger partial charge >= 0.3 is 5.97 Å². The van der Waals surface area contributed by atoms with Crippen LogP contribution in [0.1, 0.15) is 5.56 Å². The fourth-order valence-corrected chi connectivity index (χ4v) is 2.00. The van der Waals surface area contributed by atoms with Gasteiger partial charge in [0.25, 0.3) is 0 Å². The normalized spacial score (nSPS) is 11.7. The Bertz CT molecular complexity index is 595. The number of methoxy groups -OCH3 is 1. The Morgan fingerprint density at radius 2 is 2.16 bits per heavy atom. The lowest BCUT2D eigenvalue weighted by atomic mass is 10.1. The number of aromatic nitrogens is 1. The molecule has 6 heteroatoms. The summed E-state index contributed by atoms with van der Waals surface area (Å²) in [7, 11) is 1.30. The van der Waals surface area contributed by atoms with Crippen LogP contribution in [0.2, 0.25) is 0 Å². The van der Waals surface area contributed by atoms with Crippen molar-refractivity contribution in [3.8, 4) is 0 Å². The molecule has 19 heavy (non-hydrogen) atoms. The van der Waals surface area contributed by atoms with E-state index >= 15 is 0 Å². The van der Waals surface area contributed by atoms with Gasteiger partial charge in [-0.3, -0.25) is 14.2 Å². The maximum Gasteiger partial charge on any atom is 0.322 e. The van der Waals surface area contributed by atoms with Gasteiger partial charge in [-0.25, -0.2) is 0 Å². The second-order valence-corrected chi connectivity index (χ2v) is 4.02. The molecule has 2 N–H and O–H groups in total. The number of carbonyl (C=O) groups is 2. The maximum atomic E-state index is 11.3. The van der Waals surface area contributed by atoms with Crippen LogP contribution in [0.3, 0.4) is 0 Å². The first-order valence-corrected chi connectivity index (χ1v) is 5.54. The number of hydrogen-bond acceptors (Lipinski definition) is 4. The van der Waals surface area contributed by atoms with Crippen molar-refractivity contribution in [2.45, 2.75) is 12.5 Å². The summed E-state index contributed by atoms with van der Waals surface area (Å²) in [6.07, 6.45) is 2.77. The highest BCUT2D eigenvalue weighted by atomic mass is 35.5. The number of nitrogens with zero attached hydrogens (tertiary/aromatic N) is 1. The SMILES string of the molecule is COC(=O)[C@@H](N)Cc1cn(C=O)c2ccccc12.Cl. The zero-order chi connectivity index (χ0) is 13.1. The monoisotopic (exact) mass is 282 g/mol. The average molecular weight is 283 g/mol. The molecule has 2 aromatic rings. The lowest BCUT2D eigenvalue weighted by molar-refractivity contribution is -0.142. The van der Waals surface area contributed by atoms with Crippen LogP contribution in [-0.4, -0.2) is 30.1 Å². The van der Waals surface area contributed by atoms with Gasteiger partial charge in [-0.15, -0.1) is 12.4 Å². The maximum absolute atomic E-state index is 11.3. The van der Waals surface area contributed by atoms with Crippen LogP contribution in [0.5, 0.6) is 0 Å². The highest BCUT2D eigenvalue weighted by Gasteiger charge is 2.17. The topological polar surface area (TPSA) is 74.3 Å². The van der Waals surface area contributed by atoms with Crippen LogP contribution < -0.4 is 5.73 Å². The average Bonchev–Trinajstić information content (AvgIpc) is 2.76. The summed E-state index contributed by atoms with van der Waals surface area (Å²) < 4.78 is 6.07. The van der Waals surface area contributed by atoms with Crippen molar-refractivity contribution in [3.05, 3.63) is 36.0 Å². The van der Waals surface area contributed by atoms with Gasteiger partial charge in [-0.05, 0) is 11.6 Å². The lowest BCUT2D eigenvalue weighted by Gasteiger charge is -2.07. The zero-order valence-corrected chi connectivity index (χ0v) is 11.2. The standard InChI is InChI=1S/C13H14N2O3.ClH/c1-18-13(17)11(14)6-9-7-15(8-16)12-5-3-2-4-10(9)12;/h2-5,7-8,11H,6,14H2,1H3;1H/t11-;/m0./s1. The Labute approximate surface area is 116 Å². The minimum atomic E-state index is -0.721. The lowest BCUT2D eigenvalue weighted by Crippen LogP contribution is -2.33. The third-order valence-electron chi connectivity index (χ3n) is 2.88. The molecule has 0 aliphatic heterocycles. The Balaban J connectivity index is 0.00000180. The molecule has 0 aliphatic carbocycles. The third kappa shape index (κ3) is 2.94. The summed E-state index contributed by atoms with van der Waals surface area (Å²) in [4.78, 5) is 22.3. The number of ether oxygens (including phenoxy) is 1. The molecule has 0 aliphatic rings. The molecule has 0 fully saturated rings. The molecule has 0 unspecified atom stereocenters. The van der Waals surface area contributed by atoms with Gasteiger partial charge in [-0.2, -0.15) is 0 Å². The molecular weight excluding hydrogens is 268 g/mol. The highest BCUT2D eigenvalue weighted by molar-refractivity contribution is 5.89. The number of esters is 1. The molecular formula is C13H15ClN2O3. The van der Waals surface area contributed by atoms with Crippen molar-refractivity contribution in [2.24, 2.45) is 5.73 Å². The molecule has 5 nitrogen and oxygen atoms in total. The first kappa shape index (κ1) is 15.2. The van der Waals surface area contributed by atoms with Crippen LogP contribution in [0.25, 0.3) is 10.9 Å². The molecule has 1 atom stereocenters. The van der Waals surface area contributed by atoms with Gasteiger partial charge in [0, 0.05) is 18.0 Å². The Kier molecular flexibility index (Phi) is 5.09. The second kappa shape index (κ2) is 6.36. The van der Waals surface area contributed by atoms with E-state index in [2.05, 4.69) is 4.74 Å². The van der Waals surface area contributed by atoms with E-state index in [1.54, 1.807) is 6.20 Å². The fraction of sp³-hybridized carbons (Fsp3) is 0.231. The van der Waals surface area contributed by atoms with Crippen molar-refractivity contribution in [2.75, 3.05) is 7.11 Å². The zero-order valence-electron chi connectivity index (χ0n) is 10.4.